The Morgan fingerprint density at radius 2 is 2.08 bits per heavy atom. The Morgan fingerprint density at radius 3 is 2.79 bits per heavy atom. The normalized spacial score (nSPS) is 27.8. The minimum atomic E-state index is 0.516. The molecule has 4 heteroatoms. The molecule has 132 valence electrons. The molecule has 0 radical (unpaired) electrons. The summed E-state index contributed by atoms with van der Waals surface area (Å²) in [6, 6.07) is 4.83. The van der Waals surface area contributed by atoms with Crippen LogP contribution in [-0.2, 0) is 11.3 Å². The van der Waals surface area contributed by atoms with Gasteiger partial charge in [0.2, 0.25) is 0 Å². The molecule has 1 spiro atoms. The molecule has 0 bridgehead atoms. The molecular formula is C20H31N3O. The lowest BCUT2D eigenvalue weighted by Gasteiger charge is -2.37. The molecule has 2 saturated heterocycles. The van der Waals surface area contributed by atoms with Gasteiger partial charge in [0.15, 0.2) is 0 Å². The topological polar surface area (TPSA) is 28.6 Å². The van der Waals surface area contributed by atoms with E-state index < -0.39 is 0 Å². The van der Waals surface area contributed by atoms with Crippen LogP contribution in [0.25, 0.3) is 0 Å². The monoisotopic (exact) mass is 329 g/mol. The molecule has 4 nitrogen and oxygen atoms in total. The Balaban J connectivity index is 1.41. The summed E-state index contributed by atoms with van der Waals surface area (Å²) in [5, 5.41) is 0. The second kappa shape index (κ2) is 7.11. The summed E-state index contributed by atoms with van der Waals surface area (Å²) in [4.78, 5) is 9.45. The molecule has 1 aromatic heterocycles. The van der Waals surface area contributed by atoms with Crippen molar-refractivity contribution in [2.24, 2.45) is 11.3 Å². The van der Waals surface area contributed by atoms with Crippen molar-refractivity contribution in [3.63, 3.8) is 0 Å². The van der Waals surface area contributed by atoms with Crippen LogP contribution in [0.15, 0.2) is 24.5 Å². The minimum Gasteiger partial charge on any atom is -0.380 e. The lowest BCUT2D eigenvalue weighted by molar-refractivity contribution is 0.0682. The summed E-state index contributed by atoms with van der Waals surface area (Å²) in [6.45, 7) is 6.63. The van der Waals surface area contributed by atoms with Crippen LogP contribution in [0.2, 0.25) is 0 Å². The SMILES string of the molecule is CN1CCC2(CC1)C[C@H](COCC1CC1)N(Cc1cccnc1)C2. The van der Waals surface area contributed by atoms with E-state index in [1.54, 1.807) is 0 Å². The summed E-state index contributed by atoms with van der Waals surface area (Å²) in [7, 11) is 2.26. The molecule has 24 heavy (non-hydrogen) atoms. The van der Waals surface area contributed by atoms with Crippen molar-refractivity contribution in [2.75, 3.05) is 39.9 Å². The van der Waals surface area contributed by atoms with E-state index in [2.05, 4.69) is 34.0 Å². The second-order valence-electron chi connectivity index (χ2n) is 8.41. The third kappa shape index (κ3) is 3.98. The predicted molar refractivity (Wildman–Crippen MR) is 95.8 cm³/mol. The zero-order valence-corrected chi connectivity index (χ0v) is 15.0. The van der Waals surface area contributed by atoms with Gasteiger partial charge in [-0.05, 0) is 75.2 Å². The fourth-order valence-electron chi connectivity index (χ4n) is 4.44. The van der Waals surface area contributed by atoms with Crippen LogP contribution in [0.4, 0.5) is 0 Å². The zero-order chi connectivity index (χ0) is 16.4. The van der Waals surface area contributed by atoms with Crippen molar-refractivity contribution in [1.29, 1.82) is 0 Å². The smallest absolute Gasteiger partial charge is 0.0622 e. The van der Waals surface area contributed by atoms with E-state index in [4.69, 9.17) is 4.74 Å². The van der Waals surface area contributed by atoms with E-state index in [1.165, 1.54) is 57.3 Å². The van der Waals surface area contributed by atoms with Crippen LogP contribution in [0, 0.1) is 11.3 Å². The first-order valence-corrected chi connectivity index (χ1v) is 9.62. The molecule has 2 aliphatic heterocycles. The van der Waals surface area contributed by atoms with Gasteiger partial charge in [-0.3, -0.25) is 9.88 Å². The van der Waals surface area contributed by atoms with Gasteiger partial charge in [0, 0.05) is 38.1 Å². The maximum Gasteiger partial charge on any atom is 0.0622 e. The highest BCUT2D eigenvalue weighted by atomic mass is 16.5. The third-order valence-corrected chi connectivity index (χ3v) is 6.24. The van der Waals surface area contributed by atoms with Gasteiger partial charge in [-0.2, -0.15) is 0 Å². The fraction of sp³-hybridized carbons (Fsp3) is 0.750. The van der Waals surface area contributed by atoms with E-state index in [-0.39, 0.29) is 0 Å². The van der Waals surface area contributed by atoms with Crippen LogP contribution in [-0.4, -0.2) is 60.7 Å². The Kier molecular flexibility index (Phi) is 4.88. The van der Waals surface area contributed by atoms with Crippen LogP contribution >= 0.6 is 0 Å². The lowest BCUT2D eigenvalue weighted by Crippen LogP contribution is -2.39. The molecule has 1 aromatic rings. The quantitative estimate of drug-likeness (QED) is 0.802. The molecule has 1 saturated carbocycles. The van der Waals surface area contributed by atoms with Crippen molar-refractivity contribution >= 4 is 0 Å². The molecule has 3 fully saturated rings. The van der Waals surface area contributed by atoms with Gasteiger partial charge in [-0.25, -0.2) is 0 Å². The maximum atomic E-state index is 6.10. The summed E-state index contributed by atoms with van der Waals surface area (Å²) in [5.41, 5.74) is 1.84. The third-order valence-electron chi connectivity index (χ3n) is 6.24. The van der Waals surface area contributed by atoms with Crippen molar-refractivity contribution in [3.05, 3.63) is 30.1 Å². The molecule has 0 aromatic carbocycles. The van der Waals surface area contributed by atoms with Gasteiger partial charge in [-0.1, -0.05) is 6.07 Å². The van der Waals surface area contributed by atoms with Gasteiger partial charge in [-0.15, -0.1) is 0 Å². The average molecular weight is 329 g/mol. The van der Waals surface area contributed by atoms with Gasteiger partial charge >= 0.3 is 0 Å². The van der Waals surface area contributed by atoms with Crippen molar-refractivity contribution in [2.45, 2.75) is 44.7 Å². The first-order chi connectivity index (χ1) is 11.7. The highest BCUT2D eigenvalue weighted by Crippen LogP contribution is 2.43. The van der Waals surface area contributed by atoms with Crippen molar-refractivity contribution in [3.8, 4) is 0 Å². The number of nitrogens with zero attached hydrogens (tertiary/aromatic N) is 3. The number of ether oxygens (including phenoxy) is 1. The van der Waals surface area contributed by atoms with Gasteiger partial charge in [0.25, 0.3) is 0 Å². The summed E-state index contributed by atoms with van der Waals surface area (Å²) >= 11 is 0. The van der Waals surface area contributed by atoms with E-state index in [0.717, 1.165) is 25.7 Å². The van der Waals surface area contributed by atoms with E-state index in [1.807, 2.05) is 12.4 Å². The van der Waals surface area contributed by atoms with Gasteiger partial charge < -0.3 is 9.64 Å². The Hall–Kier alpha value is -0.970. The zero-order valence-electron chi connectivity index (χ0n) is 15.0. The largest absolute Gasteiger partial charge is 0.380 e. The molecular weight excluding hydrogens is 298 g/mol. The average Bonchev–Trinajstić information content (AvgIpc) is 3.36. The van der Waals surface area contributed by atoms with Crippen LogP contribution in [0.3, 0.4) is 0 Å². The van der Waals surface area contributed by atoms with Gasteiger partial charge in [0.05, 0.1) is 6.61 Å². The minimum absolute atomic E-state index is 0.516. The summed E-state index contributed by atoms with van der Waals surface area (Å²) in [5.74, 6) is 0.857. The first-order valence-electron chi connectivity index (χ1n) is 9.62. The Bertz CT molecular complexity index is 523. The molecule has 3 aliphatic rings. The molecule has 1 atom stereocenters. The molecule has 0 N–H and O–H groups in total. The van der Waals surface area contributed by atoms with E-state index in [9.17, 15) is 0 Å². The number of piperidine rings is 1. The summed E-state index contributed by atoms with van der Waals surface area (Å²) < 4.78 is 6.10. The van der Waals surface area contributed by atoms with Crippen LogP contribution < -0.4 is 0 Å². The Morgan fingerprint density at radius 1 is 1.25 bits per heavy atom. The summed E-state index contributed by atoms with van der Waals surface area (Å²) in [6.07, 6.45) is 10.6. The maximum absolute atomic E-state index is 6.10. The molecule has 4 rings (SSSR count). The van der Waals surface area contributed by atoms with Crippen LogP contribution in [0.1, 0.15) is 37.7 Å². The predicted octanol–water partition coefficient (Wildman–Crippen LogP) is 2.79. The van der Waals surface area contributed by atoms with E-state index >= 15 is 0 Å². The number of hydrogen-bond acceptors (Lipinski definition) is 4. The van der Waals surface area contributed by atoms with Crippen molar-refractivity contribution in [1.82, 2.24) is 14.8 Å². The number of likely N-dealkylation sites (tertiary alicyclic amines) is 2. The fourth-order valence-corrected chi connectivity index (χ4v) is 4.44. The first kappa shape index (κ1) is 16.5. The second-order valence-corrected chi connectivity index (χ2v) is 8.41. The van der Waals surface area contributed by atoms with Crippen molar-refractivity contribution < 1.29 is 4.74 Å². The number of hydrogen-bond donors (Lipinski definition) is 0. The lowest BCUT2D eigenvalue weighted by atomic mass is 9.77. The number of rotatable bonds is 6. The number of pyridine rings is 1. The molecule has 0 unspecified atom stereocenters. The highest BCUT2D eigenvalue weighted by Gasteiger charge is 2.45. The van der Waals surface area contributed by atoms with Gasteiger partial charge in [0.1, 0.15) is 0 Å². The Labute approximate surface area is 146 Å². The number of aromatic nitrogens is 1. The molecule has 0 amide bonds. The molecule has 3 heterocycles. The van der Waals surface area contributed by atoms with E-state index in [0.29, 0.717) is 11.5 Å². The van der Waals surface area contributed by atoms with Crippen LogP contribution in [0.5, 0.6) is 0 Å². The standard InChI is InChI=1S/C20H31N3O/c1-22-9-6-20(7-10-22)11-19(15-24-14-17-4-5-17)23(16-20)13-18-3-2-8-21-12-18/h2-3,8,12,17,19H,4-7,9-11,13-16H2,1H3/t19-/m1/s1. The molecule has 1 aliphatic carbocycles. The highest BCUT2D eigenvalue weighted by molar-refractivity contribution is 5.10.